The molecule has 1 fully saturated rings. The average Bonchev–Trinajstić information content (AvgIpc) is 2.68. The van der Waals surface area contributed by atoms with Crippen molar-refractivity contribution < 1.29 is 4.79 Å². The van der Waals surface area contributed by atoms with Gasteiger partial charge in [-0.15, -0.1) is 0 Å². The Morgan fingerprint density at radius 2 is 1.85 bits per heavy atom. The zero-order chi connectivity index (χ0) is 19.0. The Bertz CT molecular complexity index is 980. The van der Waals surface area contributed by atoms with E-state index in [-0.39, 0.29) is 18.0 Å². The molecule has 3 heterocycles. The van der Waals surface area contributed by atoms with Crippen LogP contribution in [0.25, 0.3) is 22.3 Å². The standard InChI is InChI=1S/C22H22ClN3O/c1-14-7-5-8-15(2)26(14)22(27)17-13-20(19-11-3-4-12-24-19)25-21-16(17)9-6-10-18(21)23/h3-4,6,9-15H,5,7-8H2,1-2H3/t14-,15-/m0/s1. The Labute approximate surface area is 164 Å². The number of hydrogen-bond acceptors (Lipinski definition) is 3. The minimum absolute atomic E-state index is 0.0431. The number of para-hydroxylation sites is 1. The summed E-state index contributed by atoms with van der Waals surface area (Å²) < 4.78 is 0. The van der Waals surface area contributed by atoms with Gasteiger partial charge >= 0.3 is 0 Å². The second-order valence-corrected chi connectivity index (χ2v) is 7.65. The average molecular weight is 380 g/mol. The van der Waals surface area contributed by atoms with Gasteiger partial charge in [-0.05, 0) is 57.4 Å². The molecule has 4 nitrogen and oxygen atoms in total. The lowest BCUT2D eigenvalue weighted by atomic mass is 9.95. The molecule has 0 radical (unpaired) electrons. The van der Waals surface area contributed by atoms with E-state index in [1.54, 1.807) is 12.3 Å². The predicted octanol–water partition coefficient (Wildman–Crippen LogP) is 5.35. The smallest absolute Gasteiger partial charge is 0.255 e. The van der Waals surface area contributed by atoms with E-state index < -0.39 is 0 Å². The van der Waals surface area contributed by atoms with Gasteiger partial charge in [0.25, 0.3) is 5.91 Å². The fraction of sp³-hybridized carbons (Fsp3) is 0.318. The number of aromatic nitrogens is 2. The summed E-state index contributed by atoms with van der Waals surface area (Å²) in [5.41, 5.74) is 2.68. The van der Waals surface area contributed by atoms with Crippen molar-refractivity contribution in [3.8, 4) is 11.4 Å². The molecule has 2 aromatic heterocycles. The third-order valence-corrected chi connectivity index (χ3v) is 5.68. The molecule has 0 bridgehead atoms. The second-order valence-electron chi connectivity index (χ2n) is 7.25. The van der Waals surface area contributed by atoms with Crippen LogP contribution in [-0.2, 0) is 0 Å². The Morgan fingerprint density at radius 1 is 1.07 bits per heavy atom. The van der Waals surface area contributed by atoms with E-state index in [1.165, 1.54) is 0 Å². The number of carbonyl (C=O) groups excluding carboxylic acids is 1. The van der Waals surface area contributed by atoms with Crippen molar-refractivity contribution in [2.45, 2.75) is 45.2 Å². The fourth-order valence-electron chi connectivity index (χ4n) is 4.00. The first-order valence-corrected chi connectivity index (χ1v) is 9.77. The zero-order valence-corrected chi connectivity index (χ0v) is 16.3. The van der Waals surface area contributed by atoms with Gasteiger partial charge in [-0.25, -0.2) is 4.98 Å². The number of rotatable bonds is 2. The molecule has 1 saturated heterocycles. The fourth-order valence-corrected chi connectivity index (χ4v) is 4.21. The summed E-state index contributed by atoms with van der Waals surface area (Å²) in [6, 6.07) is 13.6. The van der Waals surface area contributed by atoms with Crippen molar-refractivity contribution >= 4 is 28.4 Å². The van der Waals surface area contributed by atoms with Crippen LogP contribution in [0.4, 0.5) is 0 Å². The summed E-state index contributed by atoms with van der Waals surface area (Å²) in [7, 11) is 0. The van der Waals surface area contributed by atoms with Crippen LogP contribution in [0.2, 0.25) is 5.02 Å². The van der Waals surface area contributed by atoms with Gasteiger partial charge in [-0.1, -0.05) is 29.8 Å². The number of benzene rings is 1. The van der Waals surface area contributed by atoms with Crippen LogP contribution in [0.5, 0.6) is 0 Å². The van der Waals surface area contributed by atoms with Crippen LogP contribution >= 0.6 is 11.6 Å². The molecule has 5 heteroatoms. The molecular weight excluding hydrogens is 358 g/mol. The van der Waals surface area contributed by atoms with E-state index in [2.05, 4.69) is 18.8 Å². The first kappa shape index (κ1) is 17.9. The maximum absolute atomic E-state index is 13.6. The quantitative estimate of drug-likeness (QED) is 0.602. The first-order valence-electron chi connectivity index (χ1n) is 9.39. The first-order chi connectivity index (χ1) is 13.1. The second kappa shape index (κ2) is 7.28. The summed E-state index contributed by atoms with van der Waals surface area (Å²) in [6.07, 6.45) is 4.96. The molecular formula is C22H22ClN3O. The highest BCUT2D eigenvalue weighted by atomic mass is 35.5. The van der Waals surface area contributed by atoms with E-state index in [0.29, 0.717) is 21.8 Å². The normalized spacial score (nSPS) is 20.0. The van der Waals surface area contributed by atoms with Crippen LogP contribution in [0.15, 0.2) is 48.7 Å². The summed E-state index contributed by atoms with van der Waals surface area (Å²) >= 11 is 6.43. The number of hydrogen-bond donors (Lipinski definition) is 0. The van der Waals surface area contributed by atoms with E-state index in [0.717, 1.165) is 30.3 Å². The van der Waals surface area contributed by atoms with E-state index >= 15 is 0 Å². The van der Waals surface area contributed by atoms with Gasteiger partial charge in [0.15, 0.2) is 0 Å². The molecule has 3 aromatic rings. The van der Waals surface area contributed by atoms with Crippen LogP contribution in [0, 0.1) is 0 Å². The Hall–Kier alpha value is -2.46. The maximum Gasteiger partial charge on any atom is 0.255 e. The van der Waals surface area contributed by atoms with Gasteiger partial charge in [-0.3, -0.25) is 9.78 Å². The molecule has 138 valence electrons. The number of fused-ring (bicyclic) bond motifs is 1. The molecule has 27 heavy (non-hydrogen) atoms. The van der Waals surface area contributed by atoms with Gasteiger partial charge in [0, 0.05) is 23.7 Å². The molecule has 1 aromatic carbocycles. The van der Waals surface area contributed by atoms with E-state index in [4.69, 9.17) is 16.6 Å². The van der Waals surface area contributed by atoms with Crippen molar-refractivity contribution in [3.05, 3.63) is 59.2 Å². The molecule has 1 aliphatic rings. The lowest BCUT2D eigenvalue weighted by Crippen LogP contribution is -2.47. The molecule has 1 aliphatic heterocycles. The highest BCUT2D eigenvalue weighted by Gasteiger charge is 2.31. The van der Waals surface area contributed by atoms with Crippen molar-refractivity contribution in [1.82, 2.24) is 14.9 Å². The van der Waals surface area contributed by atoms with Gasteiger partial charge in [0.1, 0.15) is 0 Å². The number of likely N-dealkylation sites (tertiary alicyclic amines) is 1. The zero-order valence-electron chi connectivity index (χ0n) is 15.5. The van der Waals surface area contributed by atoms with Crippen molar-refractivity contribution in [1.29, 1.82) is 0 Å². The highest BCUT2D eigenvalue weighted by molar-refractivity contribution is 6.35. The van der Waals surface area contributed by atoms with Gasteiger partial charge in [-0.2, -0.15) is 0 Å². The third-order valence-electron chi connectivity index (χ3n) is 5.38. The molecule has 1 amide bonds. The number of carbonyl (C=O) groups is 1. The third kappa shape index (κ3) is 3.30. The maximum atomic E-state index is 13.6. The van der Waals surface area contributed by atoms with Gasteiger partial charge in [0.2, 0.25) is 0 Å². The molecule has 0 N–H and O–H groups in total. The summed E-state index contributed by atoms with van der Waals surface area (Å²) in [6.45, 7) is 4.26. The van der Waals surface area contributed by atoms with Crippen LogP contribution in [0.1, 0.15) is 43.5 Å². The summed E-state index contributed by atoms with van der Waals surface area (Å²) in [5.74, 6) is 0.0431. The lowest BCUT2D eigenvalue weighted by molar-refractivity contribution is 0.0513. The number of piperidine rings is 1. The van der Waals surface area contributed by atoms with Gasteiger partial charge in [0.05, 0.1) is 27.5 Å². The Morgan fingerprint density at radius 3 is 2.56 bits per heavy atom. The largest absolute Gasteiger partial charge is 0.333 e. The van der Waals surface area contributed by atoms with Crippen molar-refractivity contribution in [2.75, 3.05) is 0 Å². The molecule has 0 unspecified atom stereocenters. The number of amides is 1. The molecule has 0 saturated carbocycles. The SMILES string of the molecule is C[C@H]1CCC[C@H](C)N1C(=O)c1cc(-c2ccccn2)nc2c(Cl)cccc12. The summed E-state index contributed by atoms with van der Waals surface area (Å²) in [5, 5.41) is 1.33. The van der Waals surface area contributed by atoms with Crippen LogP contribution in [-0.4, -0.2) is 32.9 Å². The monoisotopic (exact) mass is 379 g/mol. The number of halogens is 1. The molecule has 0 spiro atoms. The minimum Gasteiger partial charge on any atom is -0.333 e. The minimum atomic E-state index is 0.0431. The molecule has 4 rings (SSSR count). The number of pyridine rings is 2. The lowest BCUT2D eigenvalue weighted by Gasteiger charge is -2.39. The topological polar surface area (TPSA) is 46.1 Å². The van der Waals surface area contributed by atoms with Crippen molar-refractivity contribution in [2.24, 2.45) is 0 Å². The number of nitrogens with zero attached hydrogens (tertiary/aromatic N) is 3. The molecule has 2 atom stereocenters. The van der Waals surface area contributed by atoms with Crippen molar-refractivity contribution in [3.63, 3.8) is 0 Å². The van der Waals surface area contributed by atoms with E-state index in [1.807, 2.05) is 41.3 Å². The van der Waals surface area contributed by atoms with E-state index in [9.17, 15) is 4.79 Å². The Balaban J connectivity index is 1.91. The highest BCUT2D eigenvalue weighted by Crippen LogP contribution is 2.31. The Kier molecular flexibility index (Phi) is 4.83. The van der Waals surface area contributed by atoms with Crippen LogP contribution < -0.4 is 0 Å². The predicted molar refractivity (Wildman–Crippen MR) is 109 cm³/mol. The summed E-state index contributed by atoms with van der Waals surface area (Å²) in [4.78, 5) is 24.7. The molecule has 0 aliphatic carbocycles. The van der Waals surface area contributed by atoms with Crippen LogP contribution in [0.3, 0.4) is 0 Å². The van der Waals surface area contributed by atoms with Gasteiger partial charge < -0.3 is 4.90 Å².